The minimum absolute atomic E-state index is 0.778. The molecule has 0 heterocycles. The first kappa shape index (κ1) is 29.4. The van der Waals surface area contributed by atoms with Crippen molar-refractivity contribution in [3.05, 3.63) is 138 Å². The Kier molecular flexibility index (Phi) is 9.81. The molecular formula is C37H42N4. The average Bonchev–Trinajstić information content (AvgIpc) is 2.98. The van der Waals surface area contributed by atoms with Crippen molar-refractivity contribution in [3.8, 4) is 0 Å². The summed E-state index contributed by atoms with van der Waals surface area (Å²) in [4.78, 5) is 10.9. The Hall–Kier alpha value is -4.57. The van der Waals surface area contributed by atoms with Crippen molar-refractivity contribution < 1.29 is 0 Å². The van der Waals surface area contributed by atoms with Crippen LogP contribution in [0.4, 0.5) is 17.1 Å². The zero-order valence-corrected chi connectivity index (χ0v) is 25.5. The van der Waals surface area contributed by atoms with E-state index in [-0.39, 0.29) is 0 Å². The second-order valence-corrected chi connectivity index (χ2v) is 10.7. The molecule has 0 radical (unpaired) electrons. The lowest BCUT2D eigenvalue weighted by molar-refractivity contribution is 1.13. The maximum atomic E-state index is 4.55. The molecule has 0 amide bonds. The zero-order chi connectivity index (χ0) is 29.4. The SMILES string of the molecule is CCN=C1C=CC(=C(/C=C/C=C(c2ccc(N(C)C)cc2)c2ccc(N(C)C)cc2)c2ccc(N(C)C)cc2)C=C1. The highest BCUT2D eigenvalue weighted by molar-refractivity contribution is 6.07. The summed E-state index contributed by atoms with van der Waals surface area (Å²) >= 11 is 0. The van der Waals surface area contributed by atoms with E-state index < -0.39 is 0 Å². The number of nitrogens with zero attached hydrogens (tertiary/aromatic N) is 4. The molecule has 0 spiro atoms. The molecule has 0 saturated carbocycles. The van der Waals surface area contributed by atoms with E-state index >= 15 is 0 Å². The standard InChI is InChI=1S/C37H42N4/c1-8-38-32-20-12-28(13-21-32)36(29-14-22-33(23-15-29)39(2)3)10-9-11-37(30-16-24-34(25-17-30)40(4)5)31-18-26-35(27-19-31)41(6)7/h9-27H,8H2,1-7H3/b10-9+,36-28?,38-32?. The van der Waals surface area contributed by atoms with E-state index in [9.17, 15) is 0 Å². The second kappa shape index (κ2) is 13.7. The van der Waals surface area contributed by atoms with Crippen LogP contribution in [0.1, 0.15) is 23.6 Å². The van der Waals surface area contributed by atoms with Gasteiger partial charge >= 0.3 is 0 Å². The highest BCUT2D eigenvalue weighted by atomic mass is 15.1. The fraction of sp³-hybridized carbons (Fsp3) is 0.216. The predicted molar refractivity (Wildman–Crippen MR) is 182 cm³/mol. The van der Waals surface area contributed by atoms with Crippen LogP contribution in [-0.4, -0.2) is 54.5 Å². The molecule has 1 aliphatic rings. The summed E-state index contributed by atoms with van der Waals surface area (Å²) in [6, 6.07) is 26.3. The first-order valence-electron chi connectivity index (χ1n) is 14.1. The van der Waals surface area contributed by atoms with E-state index in [1.165, 1.54) is 44.9 Å². The van der Waals surface area contributed by atoms with Crippen molar-refractivity contribution in [2.24, 2.45) is 4.99 Å². The molecule has 0 unspecified atom stereocenters. The van der Waals surface area contributed by atoms with Crippen LogP contribution in [0, 0.1) is 0 Å². The summed E-state index contributed by atoms with van der Waals surface area (Å²) in [5, 5.41) is 0. The lowest BCUT2D eigenvalue weighted by Gasteiger charge is -2.16. The van der Waals surface area contributed by atoms with Crippen molar-refractivity contribution >= 4 is 33.9 Å². The van der Waals surface area contributed by atoms with Crippen LogP contribution in [0.3, 0.4) is 0 Å². The average molecular weight is 543 g/mol. The van der Waals surface area contributed by atoms with E-state index in [0.717, 1.165) is 17.8 Å². The third-order valence-corrected chi connectivity index (χ3v) is 7.13. The summed E-state index contributed by atoms with van der Waals surface area (Å²) < 4.78 is 0. The van der Waals surface area contributed by atoms with E-state index in [2.05, 4.69) is 184 Å². The van der Waals surface area contributed by atoms with Gasteiger partial charge in [-0.05, 0) is 88.9 Å². The van der Waals surface area contributed by atoms with Crippen molar-refractivity contribution in [3.63, 3.8) is 0 Å². The van der Waals surface area contributed by atoms with Crippen molar-refractivity contribution in [1.29, 1.82) is 0 Å². The molecule has 0 fully saturated rings. The van der Waals surface area contributed by atoms with Gasteiger partial charge in [0.15, 0.2) is 0 Å². The first-order chi connectivity index (χ1) is 19.8. The van der Waals surface area contributed by atoms with Gasteiger partial charge in [-0.1, -0.05) is 66.8 Å². The Morgan fingerprint density at radius 2 is 1.00 bits per heavy atom. The van der Waals surface area contributed by atoms with Crippen LogP contribution in [0.5, 0.6) is 0 Å². The summed E-state index contributed by atoms with van der Waals surface area (Å²) in [5.74, 6) is 0. The van der Waals surface area contributed by atoms with Crippen LogP contribution in [0.2, 0.25) is 0 Å². The molecule has 0 N–H and O–H groups in total. The molecule has 3 aromatic carbocycles. The summed E-state index contributed by atoms with van der Waals surface area (Å²) in [5.41, 5.74) is 11.6. The van der Waals surface area contributed by atoms with Crippen molar-refractivity contribution in [2.75, 3.05) is 63.5 Å². The molecule has 0 aromatic heterocycles. The largest absolute Gasteiger partial charge is 0.378 e. The quantitative estimate of drug-likeness (QED) is 0.257. The topological polar surface area (TPSA) is 22.1 Å². The Morgan fingerprint density at radius 3 is 1.39 bits per heavy atom. The minimum atomic E-state index is 0.778. The van der Waals surface area contributed by atoms with Gasteiger partial charge in [0, 0.05) is 65.9 Å². The summed E-state index contributed by atoms with van der Waals surface area (Å²) in [7, 11) is 12.4. The third kappa shape index (κ3) is 7.55. The highest BCUT2D eigenvalue weighted by Crippen LogP contribution is 2.29. The number of allylic oxidation sites excluding steroid dienone is 9. The van der Waals surface area contributed by atoms with Crippen LogP contribution >= 0.6 is 0 Å². The monoisotopic (exact) mass is 542 g/mol. The fourth-order valence-corrected chi connectivity index (χ4v) is 4.71. The van der Waals surface area contributed by atoms with Crippen LogP contribution in [-0.2, 0) is 0 Å². The number of hydrogen-bond acceptors (Lipinski definition) is 4. The molecule has 0 atom stereocenters. The molecular weight excluding hydrogens is 500 g/mol. The Labute approximate surface area is 246 Å². The van der Waals surface area contributed by atoms with Gasteiger partial charge in [-0.15, -0.1) is 0 Å². The normalized spacial score (nSPS) is 12.5. The molecule has 4 rings (SSSR count). The van der Waals surface area contributed by atoms with E-state index in [1.807, 2.05) is 0 Å². The van der Waals surface area contributed by atoms with E-state index in [4.69, 9.17) is 0 Å². The van der Waals surface area contributed by atoms with Crippen LogP contribution in [0.15, 0.2) is 126 Å². The number of rotatable bonds is 9. The van der Waals surface area contributed by atoms with Gasteiger partial charge in [0.2, 0.25) is 0 Å². The van der Waals surface area contributed by atoms with Gasteiger partial charge in [-0.25, -0.2) is 0 Å². The molecule has 0 bridgehead atoms. The van der Waals surface area contributed by atoms with Gasteiger partial charge in [0.05, 0.1) is 5.71 Å². The summed E-state index contributed by atoms with van der Waals surface area (Å²) in [6.07, 6.45) is 15.1. The predicted octanol–water partition coefficient (Wildman–Crippen LogP) is 7.91. The Bertz CT molecular complexity index is 1420. The van der Waals surface area contributed by atoms with Gasteiger partial charge < -0.3 is 14.7 Å². The zero-order valence-electron chi connectivity index (χ0n) is 25.5. The third-order valence-electron chi connectivity index (χ3n) is 7.13. The van der Waals surface area contributed by atoms with E-state index in [1.54, 1.807) is 0 Å². The van der Waals surface area contributed by atoms with Crippen molar-refractivity contribution in [2.45, 2.75) is 6.92 Å². The maximum Gasteiger partial charge on any atom is 0.0574 e. The number of aliphatic imine (C=N–C) groups is 1. The molecule has 4 nitrogen and oxygen atoms in total. The number of benzene rings is 3. The molecule has 3 aromatic rings. The number of anilines is 3. The molecule has 41 heavy (non-hydrogen) atoms. The Balaban J connectivity index is 1.78. The van der Waals surface area contributed by atoms with Crippen LogP contribution < -0.4 is 14.7 Å². The van der Waals surface area contributed by atoms with Gasteiger partial charge in [-0.2, -0.15) is 0 Å². The van der Waals surface area contributed by atoms with Crippen molar-refractivity contribution in [1.82, 2.24) is 0 Å². The van der Waals surface area contributed by atoms with E-state index in [0.29, 0.717) is 0 Å². The fourth-order valence-electron chi connectivity index (χ4n) is 4.71. The maximum absolute atomic E-state index is 4.55. The minimum Gasteiger partial charge on any atom is -0.378 e. The highest BCUT2D eigenvalue weighted by Gasteiger charge is 2.09. The lowest BCUT2D eigenvalue weighted by Crippen LogP contribution is -2.08. The molecule has 4 heteroatoms. The van der Waals surface area contributed by atoms with Gasteiger partial charge in [-0.3, -0.25) is 4.99 Å². The molecule has 1 aliphatic carbocycles. The van der Waals surface area contributed by atoms with Gasteiger partial charge in [0.25, 0.3) is 0 Å². The van der Waals surface area contributed by atoms with Crippen LogP contribution in [0.25, 0.3) is 11.1 Å². The second-order valence-electron chi connectivity index (χ2n) is 10.7. The smallest absolute Gasteiger partial charge is 0.0574 e. The number of hydrogen-bond donors (Lipinski definition) is 0. The first-order valence-corrected chi connectivity index (χ1v) is 14.1. The van der Waals surface area contributed by atoms with Gasteiger partial charge in [0.1, 0.15) is 0 Å². The Morgan fingerprint density at radius 1 is 0.585 bits per heavy atom. The molecule has 0 saturated heterocycles. The lowest BCUT2D eigenvalue weighted by atomic mass is 9.94. The molecule has 0 aliphatic heterocycles. The molecule has 210 valence electrons. The summed E-state index contributed by atoms with van der Waals surface area (Å²) in [6.45, 7) is 2.84.